The van der Waals surface area contributed by atoms with Crippen molar-refractivity contribution < 1.29 is 0 Å². The third-order valence-electron chi connectivity index (χ3n) is 1.69. The molecule has 0 saturated carbocycles. The third-order valence-corrected chi connectivity index (χ3v) is 2.22. The summed E-state index contributed by atoms with van der Waals surface area (Å²) in [5, 5.41) is 6.44. The van der Waals surface area contributed by atoms with Gasteiger partial charge in [0.2, 0.25) is 0 Å². The molecule has 1 heterocycles. The van der Waals surface area contributed by atoms with Gasteiger partial charge in [0.15, 0.2) is 0 Å². The van der Waals surface area contributed by atoms with Crippen LogP contribution in [0, 0.1) is 0 Å². The zero-order valence-corrected chi connectivity index (χ0v) is 9.18. The molecule has 1 aromatic rings. The van der Waals surface area contributed by atoms with Crippen molar-refractivity contribution in [2.75, 3.05) is 26.2 Å². The van der Waals surface area contributed by atoms with Crippen LogP contribution < -0.4 is 10.6 Å². The molecule has 1 aromatic carbocycles. The van der Waals surface area contributed by atoms with Crippen molar-refractivity contribution in [3.05, 3.63) is 34.8 Å². The summed E-state index contributed by atoms with van der Waals surface area (Å²) in [5.41, 5.74) is 0. The molecule has 0 aliphatic carbocycles. The van der Waals surface area contributed by atoms with Crippen molar-refractivity contribution in [1.82, 2.24) is 10.6 Å². The highest BCUT2D eigenvalue weighted by molar-refractivity contribution is 9.10. The van der Waals surface area contributed by atoms with Crippen LogP contribution in [0.15, 0.2) is 34.8 Å². The van der Waals surface area contributed by atoms with E-state index in [2.05, 4.69) is 26.6 Å². The lowest BCUT2D eigenvalue weighted by molar-refractivity contribution is 0.534. The smallest absolute Gasteiger partial charge is 0.0175 e. The van der Waals surface area contributed by atoms with Crippen molar-refractivity contribution in [2.45, 2.75) is 0 Å². The lowest BCUT2D eigenvalue weighted by Crippen LogP contribution is -2.39. The number of benzene rings is 1. The van der Waals surface area contributed by atoms with Gasteiger partial charge in [-0.3, -0.25) is 0 Å². The molecule has 0 atom stereocenters. The van der Waals surface area contributed by atoms with Gasteiger partial charge in [-0.15, -0.1) is 0 Å². The first-order valence-corrected chi connectivity index (χ1v) is 5.31. The Balaban J connectivity index is 0.000000132. The van der Waals surface area contributed by atoms with E-state index in [1.54, 1.807) is 0 Å². The molecule has 2 N–H and O–H groups in total. The largest absolute Gasteiger partial charge is 0.314 e. The average molecular weight is 243 g/mol. The maximum absolute atomic E-state index is 3.31. The zero-order chi connectivity index (χ0) is 9.36. The van der Waals surface area contributed by atoms with Gasteiger partial charge in [0.25, 0.3) is 0 Å². The monoisotopic (exact) mass is 242 g/mol. The second-order valence-electron chi connectivity index (χ2n) is 2.80. The predicted molar refractivity (Wildman–Crippen MR) is 59.9 cm³/mol. The van der Waals surface area contributed by atoms with E-state index < -0.39 is 0 Å². The molecule has 2 nitrogen and oxygen atoms in total. The van der Waals surface area contributed by atoms with Crippen LogP contribution in [0.3, 0.4) is 0 Å². The number of piperazine rings is 1. The van der Waals surface area contributed by atoms with Crippen molar-refractivity contribution in [2.24, 2.45) is 0 Å². The molecule has 0 amide bonds. The normalized spacial score (nSPS) is 15.8. The quantitative estimate of drug-likeness (QED) is 0.723. The van der Waals surface area contributed by atoms with E-state index in [1.807, 2.05) is 30.3 Å². The lowest BCUT2D eigenvalue weighted by Gasteiger charge is -2.11. The Morgan fingerprint density at radius 2 is 1.31 bits per heavy atom. The molecule has 1 aliphatic rings. The van der Waals surface area contributed by atoms with Crippen LogP contribution in [0.2, 0.25) is 0 Å². The van der Waals surface area contributed by atoms with Gasteiger partial charge in [-0.2, -0.15) is 0 Å². The van der Waals surface area contributed by atoms with E-state index in [1.165, 1.54) is 0 Å². The van der Waals surface area contributed by atoms with Gasteiger partial charge < -0.3 is 10.6 Å². The highest BCUT2D eigenvalue weighted by Gasteiger charge is 1.91. The molecule has 1 aliphatic heterocycles. The summed E-state index contributed by atoms with van der Waals surface area (Å²) in [6, 6.07) is 9.97. The van der Waals surface area contributed by atoms with Gasteiger partial charge in [0, 0.05) is 30.7 Å². The molecule has 2 rings (SSSR count). The van der Waals surface area contributed by atoms with Crippen LogP contribution in [0.1, 0.15) is 0 Å². The molecule has 0 bridgehead atoms. The second kappa shape index (κ2) is 7.06. The topological polar surface area (TPSA) is 24.1 Å². The fraction of sp³-hybridized carbons (Fsp3) is 0.400. The van der Waals surface area contributed by atoms with Crippen molar-refractivity contribution in [1.29, 1.82) is 0 Å². The SMILES string of the molecule is Brc1ccccc1.C1CNCCN1. The van der Waals surface area contributed by atoms with Crippen LogP contribution in [-0.4, -0.2) is 26.2 Å². The van der Waals surface area contributed by atoms with E-state index in [9.17, 15) is 0 Å². The summed E-state index contributed by atoms with van der Waals surface area (Å²) in [6.07, 6.45) is 0. The first-order valence-electron chi connectivity index (χ1n) is 4.51. The van der Waals surface area contributed by atoms with Crippen LogP contribution in [-0.2, 0) is 0 Å². The molecule has 0 spiro atoms. The Bertz CT molecular complexity index is 198. The zero-order valence-electron chi connectivity index (χ0n) is 7.59. The summed E-state index contributed by atoms with van der Waals surface area (Å²) in [6.45, 7) is 4.56. The lowest BCUT2D eigenvalue weighted by atomic mass is 10.4. The standard InChI is InChI=1S/C6H5Br.C4H10N2/c7-6-4-2-1-3-5-6;1-2-6-4-3-5-1/h1-5H;5-6H,1-4H2. The number of hydrogen-bond donors (Lipinski definition) is 2. The maximum Gasteiger partial charge on any atom is 0.0175 e. The molecular formula is C10H15BrN2. The molecule has 0 unspecified atom stereocenters. The van der Waals surface area contributed by atoms with Gasteiger partial charge in [-0.05, 0) is 12.1 Å². The number of rotatable bonds is 0. The molecule has 3 heteroatoms. The fourth-order valence-electron chi connectivity index (χ4n) is 1.02. The number of halogens is 1. The van der Waals surface area contributed by atoms with Gasteiger partial charge >= 0.3 is 0 Å². The molecule has 1 saturated heterocycles. The van der Waals surface area contributed by atoms with E-state index in [0.29, 0.717) is 0 Å². The molecular weight excluding hydrogens is 228 g/mol. The fourth-order valence-corrected chi connectivity index (χ4v) is 1.32. The Morgan fingerprint density at radius 1 is 0.846 bits per heavy atom. The Hall–Kier alpha value is -0.380. The average Bonchev–Trinajstić information content (AvgIpc) is 2.22. The van der Waals surface area contributed by atoms with Crippen molar-refractivity contribution in [3.63, 3.8) is 0 Å². The van der Waals surface area contributed by atoms with Gasteiger partial charge in [-0.25, -0.2) is 0 Å². The van der Waals surface area contributed by atoms with Crippen molar-refractivity contribution >= 4 is 15.9 Å². The summed E-state index contributed by atoms with van der Waals surface area (Å²) in [5.74, 6) is 0. The minimum Gasteiger partial charge on any atom is -0.314 e. The van der Waals surface area contributed by atoms with Gasteiger partial charge in [0.05, 0.1) is 0 Å². The molecule has 1 fully saturated rings. The first-order chi connectivity index (χ1) is 6.39. The summed E-state index contributed by atoms with van der Waals surface area (Å²) >= 11 is 3.31. The number of nitrogens with one attached hydrogen (secondary N) is 2. The highest BCUT2D eigenvalue weighted by atomic mass is 79.9. The van der Waals surface area contributed by atoms with Crippen LogP contribution in [0.5, 0.6) is 0 Å². The summed E-state index contributed by atoms with van der Waals surface area (Å²) in [4.78, 5) is 0. The van der Waals surface area contributed by atoms with E-state index >= 15 is 0 Å². The minimum absolute atomic E-state index is 1.13. The van der Waals surface area contributed by atoms with E-state index in [-0.39, 0.29) is 0 Å². The van der Waals surface area contributed by atoms with Crippen molar-refractivity contribution in [3.8, 4) is 0 Å². The van der Waals surface area contributed by atoms with Gasteiger partial charge in [0.1, 0.15) is 0 Å². The molecule has 0 radical (unpaired) electrons. The van der Waals surface area contributed by atoms with E-state index in [4.69, 9.17) is 0 Å². The predicted octanol–water partition coefficient (Wildman–Crippen LogP) is 1.63. The molecule has 72 valence electrons. The molecule has 13 heavy (non-hydrogen) atoms. The Labute approximate surface area is 87.9 Å². The second-order valence-corrected chi connectivity index (χ2v) is 3.71. The third kappa shape index (κ3) is 5.80. The highest BCUT2D eigenvalue weighted by Crippen LogP contribution is 2.05. The van der Waals surface area contributed by atoms with Gasteiger partial charge in [-0.1, -0.05) is 34.1 Å². The summed E-state index contributed by atoms with van der Waals surface area (Å²) in [7, 11) is 0. The maximum atomic E-state index is 3.31. The van der Waals surface area contributed by atoms with Crippen LogP contribution >= 0.6 is 15.9 Å². The van der Waals surface area contributed by atoms with Crippen LogP contribution in [0.4, 0.5) is 0 Å². The molecule has 0 aromatic heterocycles. The first kappa shape index (κ1) is 10.7. The minimum atomic E-state index is 1.13. The van der Waals surface area contributed by atoms with E-state index in [0.717, 1.165) is 30.7 Å². The van der Waals surface area contributed by atoms with Crippen LogP contribution in [0.25, 0.3) is 0 Å². The Morgan fingerprint density at radius 3 is 1.54 bits per heavy atom. The number of hydrogen-bond acceptors (Lipinski definition) is 2. The summed E-state index contributed by atoms with van der Waals surface area (Å²) < 4.78 is 1.13. The Kier molecular flexibility index (Phi) is 5.81.